The molecule has 0 fully saturated rings. The molecule has 0 radical (unpaired) electrons. The average Bonchev–Trinajstić information content (AvgIpc) is 2.05. The van der Waals surface area contributed by atoms with Crippen molar-refractivity contribution in [2.75, 3.05) is 19.0 Å². The summed E-state index contributed by atoms with van der Waals surface area (Å²) >= 11 is 0. The third-order valence-corrected chi connectivity index (χ3v) is 1.86. The van der Waals surface area contributed by atoms with Gasteiger partial charge in [0.15, 0.2) is 0 Å². The van der Waals surface area contributed by atoms with E-state index in [9.17, 15) is 0 Å². The van der Waals surface area contributed by atoms with E-state index in [1.165, 1.54) is 11.3 Å². The summed E-state index contributed by atoms with van der Waals surface area (Å²) in [5.41, 5.74) is 2.66. The molecule has 1 nitrogen and oxygen atoms in total. The fraction of sp³-hybridized carbons (Fsp3) is 0.400. The maximum absolute atomic E-state index is 2.18. The summed E-state index contributed by atoms with van der Waals surface area (Å²) in [5.74, 6) is 0. The lowest BCUT2D eigenvalue weighted by Gasteiger charge is -2.11. The molecule has 0 unspecified atom stereocenters. The van der Waals surface area contributed by atoms with Gasteiger partial charge in [0, 0.05) is 19.8 Å². The van der Waals surface area contributed by atoms with Gasteiger partial charge in [-0.2, -0.15) is 0 Å². The van der Waals surface area contributed by atoms with Crippen LogP contribution >= 0.6 is 0 Å². The van der Waals surface area contributed by atoms with Gasteiger partial charge in [0.2, 0.25) is 0 Å². The summed E-state index contributed by atoms with van der Waals surface area (Å²) in [6.07, 6.45) is 1.12. The fourth-order valence-corrected chi connectivity index (χ4v) is 1.03. The zero-order chi connectivity index (χ0) is 8.27. The first-order valence-electron chi connectivity index (χ1n) is 4.00. The quantitative estimate of drug-likeness (QED) is 0.623. The molecule has 0 saturated heterocycles. The monoisotopic (exact) mass is 149 g/mol. The molecule has 1 heteroatoms. The highest BCUT2D eigenvalue weighted by atomic mass is 15.1. The van der Waals surface area contributed by atoms with Crippen molar-refractivity contribution in [2.45, 2.75) is 13.3 Å². The number of nitrogens with zero attached hydrogens (tertiary/aromatic N) is 1. The Hall–Kier alpha value is -0.980. The van der Waals surface area contributed by atoms with Gasteiger partial charge in [0.25, 0.3) is 0 Å². The molecule has 0 amide bonds. The Bertz CT molecular complexity index is 211. The Morgan fingerprint density at radius 2 is 1.64 bits per heavy atom. The van der Waals surface area contributed by atoms with Crippen LogP contribution in [0.4, 0.5) is 5.69 Å². The van der Waals surface area contributed by atoms with E-state index in [2.05, 4.69) is 50.2 Å². The Morgan fingerprint density at radius 3 is 2.00 bits per heavy atom. The van der Waals surface area contributed by atoms with Crippen LogP contribution in [-0.4, -0.2) is 14.1 Å². The van der Waals surface area contributed by atoms with Crippen molar-refractivity contribution in [1.29, 1.82) is 0 Å². The molecule has 1 aromatic carbocycles. The van der Waals surface area contributed by atoms with E-state index in [-0.39, 0.29) is 0 Å². The molecule has 1 rings (SSSR count). The van der Waals surface area contributed by atoms with Gasteiger partial charge in [-0.25, -0.2) is 0 Å². The highest BCUT2D eigenvalue weighted by Crippen LogP contribution is 2.11. The smallest absolute Gasteiger partial charge is 0.0361 e. The first-order valence-corrected chi connectivity index (χ1v) is 4.00. The van der Waals surface area contributed by atoms with Crippen LogP contribution in [0, 0.1) is 0 Å². The van der Waals surface area contributed by atoms with Crippen LogP contribution in [0.1, 0.15) is 12.5 Å². The molecule has 0 aliphatic rings. The molecule has 0 atom stereocenters. The summed E-state index contributed by atoms with van der Waals surface area (Å²) in [6, 6.07) is 8.66. The second-order valence-corrected chi connectivity index (χ2v) is 2.91. The Kier molecular flexibility index (Phi) is 2.53. The zero-order valence-corrected chi connectivity index (χ0v) is 7.46. The Morgan fingerprint density at radius 1 is 1.09 bits per heavy atom. The number of anilines is 1. The minimum atomic E-state index is 1.12. The van der Waals surface area contributed by atoms with Crippen molar-refractivity contribution >= 4 is 5.69 Å². The summed E-state index contributed by atoms with van der Waals surface area (Å²) in [6.45, 7) is 2.17. The molecule has 0 saturated carbocycles. The topological polar surface area (TPSA) is 3.24 Å². The van der Waals surface area contributed by atoms with E-state index in [0.717, 1.165) is 6.42 Å². The number of hydrogen-bond acceptors (Lipinski definition) is 1. The SMILES string of the molecule is CCc1ccc(N(C)C)cc1. The third-order valence-electron chi connectivity index (χ3n) is 1.86. The molecular weight excluding hydrogens is 134 g/mol. The Labute approximate surface area is 68.7 Å². The van der Waals surface area contributed by atoms with Crippen LogP contribution in [0.25, 0.3) is 0 Å². The van der Waals surface area contributed by atoms with Gasteiger partial charge in [-0.05, 0) is 24.1 Å². The Balaban J connectivity index is 2.83. The highest BCUT2D eigenvalue weighted by Gasteiger charge is 1.92. The molecule has 0 spiro atoms. The van der Waals surface area contributed by atoms with Crippen LogP contribution in [-0.2, 0) is 6.42 Å². The number of rotatable bonds is 2. The molecule has 0 heterocycles. The van der Waals surface area contributed by atoms with Crippen molar-refractivity contribution in [3.05, 3.63) is 29.8 Å². The predicted octanol–water partition coefficient (Wildman–Crippen LogP) is 2.32. The summed E-state index contributed by atoms with van der Waals surface area (Å²) in [7, 11) is 4.11. The maximum atomic E-state index is 2.18. The largest absolute Gasteiger partial charge is 0.378 e. The molecule has 1 aromatic rings. The summed E-state index contributed by atoms with van der Waals surface area (Å²) < 4.78 is 0. The van der Waals surface area contributed by atoms with Gasteiger partial charge in [-0.1, -0.05) is 19.1 Å². The highest BCUT2D eigenvalue weighted by molar-refractivity contribution is 5.45. The molecule has 0 N–H and O–H groups in total. The summed E-state index contributed by atoms with van der Waals surface area (Å²) in [4.78, 5) is 2.11. The first-order chi connectivity index (χ1) is 5.24. The van der Waals surface area contributed by atoms with Crippen LogP contribution < -0.4 is 4.90 Å². The van der Waals surface area contributed by atoms with Gasteiger partial charge < -0.3 is 4.90 Å². The molecule has 60 valence electrons. The fourth-order valence-electron chi connectivity index (χ4n) is 1.03. The van der Waals surface area contributed by atoms with E-state index in [4.69, 9.17) is 0 Å². The summed E-state index contributed by atoms with van der Waals surface area (Å²) in [5, 5.41) is 0. The van der Waals surface area contributed by atoms with Crippen molar-refractivity contribution in [3.8, 4) is 0 Å². The van der Waals surface area contributed by atoms with Crippen LogP contribution in [0.5, 0.6) is 0 Å². The van der Waals surface area contributed by atoms with Crippen molar-refractivity contribution in [3.63, 3.8) is 0 Å². The van der Waals surface area contributed by atoms with Gasteiger partial charge in [-0.3, -0.25) is 0 Å². The molecule has 11 heavy (non-hydrogen) atoms. The molecule has 0 bridgehead atoms. The van der Waals surface area contributed by atoms with E-state index in [1.807, 2.05) is 0 Å². The van der Waals surface area contributed by atoms with Gasteiger partial charge in [0.1, 0.15) is 0 Å². The molecule has 0 aromatic heterocycles. The lowest BCUT2D eigenvalue weighted by Crippen LogP contribution is -2.08. The van der Waals surface area contributed by atoms with Crippen LogP contribution in [0.3, 0.4) is 0 Å². The van der Waals surface area contributed by atoms with E-state index in [0.29, 0.717) is 0 Å². The third kappa shape index (κ3) is 1.97. The number of hydrogen-bond donors (Lipinski definition) is 0. The van der Waals surface area contributed by atoms with Gasteiger partial charge in [-0.15, -0.1) is 0 Å². The molecule has 0 aliphatic heterocycles. The normalized spacial score (nSPS) is 9.73. The van der Waals surface area contributed by atoms with Gasteiger partial charge in [0.05, 0.1) is 0 Å². The van der Waals surface area contributed by atoms with Crippen LogP contribution in [0.15, 0.2) is 24.3 Å². The minimum Gasteiger partial charge on any atom is -0.378 e. The van der Waals surface area contributed by atoms with Crippen molar-refractivity contribution in [2.24, 2.45) is 0 Å². The van der Waals surface area contributed by atoms with E-state index >= 15 is 0 Å². The maximum Gasteiger partial charge on any atom is 0.0361 e. The molecular formula is C10H15N. The number of aryl methyl sites for hydroxylation is 1. The minimum absolute atomic E-state index is 1.12. The number of benzene rings is 1. The van der Waals surface area contributed by atoms with Crippen molar-refractivity contribution in [1.82, 2.24) is 0 Å². The lowest BCUT2D eigenvalue weighted by molar-refractivity contribution is 1.11. The van der Waals surface area contributed by atoms with Crippen LogP contribution in [0.2, 0.25) is 0 Å². The van der Waals surface area contributed by atoms with E-state index < -0.39 is 0 Å². The first kappa shape index (κ1) is 8.12. The standard InChI is InChI=1S/C10H15N/c1-4-9-5-7-10(8-6-9)11(2)3/h5-8H,4H2,1-3H3. The second-order valence-electron chi connectivity index (χ2n) is 2.91. The molecule has 0 aliphatic carbocycles. The lowest BCUT2D eigenvalue weighted by atomic mass is 10.1. The second kappa shape index (κ2) is 3.42. The predicted molar refractivity (Wildman–Crippen MR) is 50.1 cm³/mol. The zero-order valence-electron chi connectivity index (χ0n) is 7.46. The van der Waals surface area contributed by atoms with E-state index in [1.54, 1.807) is 0 Å². The van der Waals surface area contributed by atoms with Gasteiger partial charge >= 0.3 is 0 Å². The van der Waals surface area contributed by atoms with Crippen molar-refractivity contribution < 1.29 is 0 Å². The average molecular weight is 149 g/mol.